The van der Waals surface area contributed by atoms with Crippen LogP contribution in [0.5, 0.6) is 0 Å². The molecule has 1 saturated heterocycles. The average Bonchev–Trinajstić information content (AvgIpc) is 2.94. The molecule has 4 heteroatoms. The van der Waals surface area contributed by atoms with Crippen molar-refractivity contribution < 1.29 is 9.59 Å². The van der Waals surface area contributed by atoms with Crippen molar-refractivity contribution in [2.24, 2.45) is 17.8 Å². The Morgan fingerprint density at radius 2 is 1.80 bits per heavy atom. The number of hydrogen-bond acceptors (Lipinski definition) is 3. The minimum atomic E-state index is -0.132. The highest BCUT2D eigenvalue weighted by molar-refractivity contribution is 6.23. The summed E-state index contributed by atoms with van der Waals surface area (Å²) < 4.78 is 0. The Balaban J connectivity index is 1.96. The summed E-state index contributed by atoms with van der Waals surface area (Å²) in [5, 5.41) is 0. The van der Waals surface area contributed by atoms with Crippen LogP contribution in [0.15, 0.2) is 18.2 Å². The van der Waals surface area contributed by atoms with Gasteiger partial charge in [-0.25, -0.2) is 4.90 Å². The minimum absolute atomic E-state index is 0.0618. The van der Waals surface area contributed by atoms with E-state index in [-0.39, 0.29) is 23.7 Å². The summed E-state index contributed by atoms with van der Waals surface area (Å²) in [5.41, 5.74) is 8.00. The molecule has 1 heterocycles. The summed E-state index contributed by atoms with van der Waals surface area (Å²) in [6.45, 7) is 4.05. The first-order chi connectivity index (χ1) is 9.52. The number of rotatable bonds is 2. The normalized spacial score (nSPS) is 29.1. The number of anilines is 2. The van der Waals surface area contributed by atoms with Gasteiger partial charge >= 0.3 is 0 Å². The first kappa shape index (κ1) is 13.2. The fourth-order valence-corrected chi connectivity index (χ4v) is 3.55. The molecule has 20 heavy (non-hydrogen) atoms. The number of hydrogen-bond donors (Lipinski definition) is 1. The second-order valence-electron chi connectivity index (χ2n) is 6.03. The van der Waals surface area contributed by atoms with Gasteiger partial charge in [0.2, 0.25) is 11.8 Å². The number of benzene rings is 1. The average molecular weight is 272 g/mol. The SMILES string of the molecule is CCC1CC2C(=O)N(c3cc(C)ccc3N)C(=O)C2C1. The third kappa shape index (κ3) is 1.82. The van der Waals surface area contributed by atoms with Crippen molar-refractivity contribution in [3.8, 4) is 0 Å². The van der Waals surface area contributed by atoms with Crippen LogP contribution in [0.1, 0.15) is 31.7 Å². The van der Waals surface area contributed by atoms with Gasteiger partial charge < -0.3 is 5.73 Å². The number of amides is 2. The zero-order chi connectivity index (χ0) is 14.4. The maximum atomic E-state index is 12.6. The molecule has 2 fully saturated rings. The van der Waals surface area contributed by atoms with Gasteiger partial charge in [0.25, 0.3) is 0 Å². The molecule has 106 valence electrons. The highest BCUT2D eigenvalue weighted by Crippen LogP contribution is 2.46. The van der Waals surface area contributed by atoms with Crippen molar-refractivity contribution in [3.63, 3.8) is 0 Å². The predicted octanol–water partition coefficient (Wildman–Crippen LogP) is 2.50. The second kappa shape index (κ2) is 4.62. The Morgan fingerprint density at radius 3 is 2.35 bits per heavy atom. The van der Waals surface area contributed by atoms with E-state index in [4.69, 9.17) is 5.73 Å². The van der Waals surface area contributed by atoms with E-state index in [1.807, 2.05) is 19.1 Å². The number of imide groups is 1. The van der Waals surface area contributed by atoms with Crippen LogP contribution >= 0.6 is 0 Å². The Morgan fingerprint density at radius 1 is 1.20 bits per heavy atom. The molecular weight excluding hydrogens is 252 g/mol. The van der Waals surface area contributed by atoms with Gasteiger partial charge in [0, 0.05) is 0 Å². The van der Waals surface area contributed by atoms with Gasteiger partial charge in [-0.1, -0.05) is 19.4 Å². The smallest absolute Gasteiger partial charge is 0.237 e. The van der Waals surface area contributed by atoms with E-state index in [9.17, 15) is 9.59 Å². The Labute approximate surface area is 118 Å². The first-order valence-electron chi connectivity index (χ1n) is 7.26. The standard InChI is InChI=1S/C16H20N2O2/c1-3-10-7-11-12(8-10)16(20)18(15(11)19)14-6-9(2)4-5-13(14)17/h4-6,10-12H,3,7-8,17H2,1-2H3. The van der Waals surface area contributed by atoms with E-state index >= 15 is 0 Å². The minimum Gasteiger partial charge on any atom is -0.397 e. The van der Waals surface area contributed by atoms with Crippen molar-refractivity contribution in [2.75, 3.05) is 10.6 Å². The molecular formula is C16H20N2O2. The molecule has 1 aliphatic heterocycles. The molecule has 1 aromatic rings. The third-order valence-corrected chi connectivity index (χ3v) is 4.74. The fourth-order valence-electron chi connectivity index (χ4n) is 3.55. The molecule has 3 rings (SSSR count). The maximum Gasteiger partial charge on any atom is 0.237 e. The van der Waals surface area contributed by atoms with Gasteiger partial charge in [-0.3, -0.25) is 9.59 Å². The number of aryl methyl sites for hydroxylation is 1. The Bertz CT molecular complexity index is 558. The quantitative estimate of drug-likeness (QED) is 0.664. The van der Waals surface area contributed by atoms with Crippen molar-refractivity contribution >= 4 is 23.2 Å². The molecule has 2 unspecified atom stereocenters. The topological polar surface area (TPSA) is 63.4 Å². The Hall–Kier alpha value is -1.84. The molecule has 0 radical (unpaired) electrons. The summed E-state index contributed by atoms with van der Waals surface area (Å²) in [6.07, 6.45) is 2.72. The van der Waals surface area contributed by atoms with Crippen LogP contribution in [0.25, 0.3) is 0 Å². The zero-order valence-corrected chi connectivity index (χ0v) is 11.9. The van der Waals surface area contributed by atoms with Crippen LogP contribution in [0, 0.1) is 24.7 Å². The number of carbonyl (C=O) groups excluding carboxylic acids is 2. The lowest BCUT2D eigenvalue weighted by Gasteiger charge is -2.19. The van der Waals surface area contributed by atoms with Gasteiger partial charge in [0.1, 0.15) is 0 Å². The van der Waals surface area contributed by atoms with Crippen molar-refractivity contribution in [1.29, 1.82) is 0 Å². The maximum absolute atomic E-state index is 12.6. The van der Waals surface area contributed by atoms with Crippen molar-refractivity contribution in [1.82, 2.24) is 0 Å². The molecule has 0 spiro atoms. The van der Waals surface area contributed by atoms with Crippen LogP contribution in [0.2, 0.25) is 0 Å². The van der Waals surface area contributed by atoms with Crippen molar-refractivity contribution in [2.45, 2.75) is 33.1 Å². The molecule has 2 aliphatic rings. The van der Waals surface area contributed by atoms with Crippen LogP contribution in [-0.2, 0) is 9.59 Å². The molecule has 2 N–H and O–H groups in total. The van der Waals surface area contributed by atoms with Crippen LogP contribution < -0.4 is 10.6 Å². The summed E-state index contributed by atoms with van der Waals surface area (Å²) in [7, 11) is 0. The number of nitrogens with zero attached hydrogens (tertiary/aromatic N) is 1. The van der Waals surface area contributed by atoms with E-state index < -0.39 is 0 Å². The van der Waals surface area contributed by atoms with Gasteiger partial charge in [-0.05, 0) is 43.4 Å². The summed E-state index contributed by atoms with van der Waals surface area (Å²) in [5.74, 6) is 0.121. The Kier molecular flexibility index (Phi) is 3.04. The van der Waals surface area contributed by atoms with Gasteiger partial charge in [-0.15, -0.1) is 0 Å². The van der Waals surface area contributed by atoms with Crippen LogP contribution in [-0.4, -0.2) is 11.8 Å². The number of fused-ring (bicyclic) bond motifs is 1. The summed E-state index contributed by atoms with van der Waals surface area (Å²) >= 11 is 0. The third-order valence-electron chi connectivity index (χ3n) is 4.74. The van der Waals surface area contributed by atoms with Gasteiger partial charge in [0.05, 0.1) is 23.2 Å². The fraction of sp³-hybridized carbons (Fsp3) is 0.500. The monoisotopic (exact) mass is 272 g/mol. The number of nitrogens with two attached hydrogens (primary N) is 1. The molecule has 1 saturated carbocycles. The molecule has 1 aromatic carbocycles. The van der Waals surface area contributed by atoms with Crippen molar-refractivity contribution in [3.05, 3.63) is 23.8 Å². The van der Waals surface area contributed by atoms with Crippen LogP contribution in [0.3, 0.4) is 0 Å². The predicted molar refractivity (Wildman–Crippen MR) is 78.1 cm³/mol. The summed E-state index contributed by atoms with van der Waals surface area (Å²) in [4.78, 5) is 26.5. The van der Waals surface area contributed by atoms with Crippen LogP contribution in [0.4, 0.5) is 11.4 Å². The number of carbonyl (C=O) groups is 2. The summed E-state index contributed by atoms with van der Waals surface area (Å²) in [6, 6.07) is 5.47. The lowest BCUT2D eigenvalue weighted by molar-refractivity contribution is -0.123. The van der Waals surface area contributed by atoms with Gasteiger partial charge in [0.15, 0.2) is 0 Å². The number of nitrogen functional groups attached to an aromatic ring is 1. The highest BCUT2D eigenvalue weighted by Gasteiger charge is 2.53. The highest BCUT2D eigenvalue weighted by atomic mass is 16.2. The molecule has 0 aromatic heterocycles. The lowest BCUT2D eigenvalue weighted by Crippen LogP contribution is -2.32. The zero-order valence-electron chi connectivity index (χ0n) is 11.9. The van der Waals surface area contributed by atoms with E-state index in [2.05, 4.69) is 6.92 Å². The van der Waals surface area contributed by atoms with E-state index in [1.165, 1.54) is 4.90 Å². The largest absolute Gasteiger partial charge is 0.397 e. The molecule has 0 bridgehead atoms. The van der Waals surface area contributed by atoms with Gasteiger partial charge in [-0.2, -0.15) is 0 Å². The molecule has 2 amide bonds. The lowest BCUT2D eigenvalue weighted by atomic mass is 10.00. The molecule has 4 nitrogen and oxygen atoms in total. The van der Waals surface area contributed by atoms with E-state index in [0.717, 1.165) is 24.8 Å². The molecule has 2 atom stereocenters. The molecule has 1 aliphatic carbocycles. The second-order valence-corrected chi connectivity index (χ2v) is 6.03. The first-order valence-corrected chi connectivity index (χ1v) is 7.26. The van der Waals surface area contributed by atoms with E-state index in [0.29, 0.717) is 17.3 Å². The van der Waals surface area contributed by atoms with E-state index in [1.54, 1.807) is 6.07 Å².